The molecule has 180 valence electrons. The van der Waals surface area contributed by atoms with Crippen molar-refractivity contribution < 1.29 is 9.84 Å². The van der Waals surface area contributed by atoms with E-state index in [1.165, 1.54) is 0 Å². The summed E-state index contributed by atoms with van der Waals surface area (Å²) in [5, 5.41) is 14.0. The number of fused-ring (bicyclic) bond motifs is 1. The Morgan fingerprint density at radius 3 is 2.28 bits per heavy atom. The molecule has 5 aromatic rings. The number of hydrogen-bond acceptors (Lipinski definition) is 4. The molecule has 2 heterocycles. The van der Waals surface area contributed by atoms with Crippen LogP contribution in [0.15, 0.2) is 97.3 Å². The molecule has 0 saturated carbocycles. The van der Waals surface area contributed by atoms with Crippen LogP contribution in [0.2, 0.25) is 10.0 Å². The predicted octanol–water partition coefficient (Wildman–Crippen LogP) is 7.68. The van der Waals surface area contributed by atoms with Crippen molar-refractivity contribution in [3.63, 3.8) is 0 Å². The van der Waals surface area contributed by atoms with Gasteiger partial charge < -0.3 is 9.84 Å². The van der Waals surface area contributed by atoms with Gasteiger partial charge in [0.05, 0.1) is 22.2 Å². The zero-order valence-electron chi connectivity index (χ0n) is 19.8. The highest BCUT2D eigenvalue weighted by Gasteiger charge is 2.35. The second-order valence-electron chi connectivity index (χ2n) is 8.83. The summed E-state index contributed by atoms with van der Waals surface area (Å²) in [4.78, 5) is 9.06. The topological polar surface area (TPSA) is 55.2 Å². The third-order valence-electron chi connectivity index (χ3n) is 6.04. The van der Waals surface area contributed by atoms with E-state index in [1.54, 1.807) is 30.6 Å². The third kappa shape index (κ3) is 4.44. The van der Waals surface area contributed by atoms with E-state index in [4.69, 9.17) is 32.9 Å². The van der Waals surface area contributed by atoms with Crippen molar-refractivity contribution >= 4 is 34.1 Å². The minimum atomic E-state index is -1.52. The van der Waals surface area contributed by atoms with Crippen LogP contribution >= 0.6 is 23.2 Å². The minimum Gasteiger partial charge on any atom is -0.474 e. The molecular formula is C30H24Cl2N2O2. The van der Waals surface area contributed by atoms with E-state index >= 15 is 0 Å². The van der Waals surface area contributed by atoms with Gasteiger partial charge in [-0.2, -0.15) is 0 Å². The monoisotopic (exact) mass is 514 g/mol. The summed E-state index contributed by atoms with van der Waals surface area (Å²) in [5.41, 5.74) is 2.60. The van der Waals surface area contributed by atoms with Crippen molar-refractivity contribution in [1.29, 1.82) is 0 Å². The van der Waals surface area contributed by atoms with Crippen LogP contribution in [0.25, 0.3) is 22.0 Å². The molecule has 6 heteroatoms. The lowest BCUT2D eigenvalue weighted by Crippen LogP contribution is -2.29. The van der Waals surface area contributed by atoms with Gasteiger partial charge in [0.1, 0.15) is 5.60 Å². The smallest absolute Gasteiger partial charge is 0.223 e. The van der Waals surface area contributed by atoms with Gasteiger partial charge in [-0.05, 0) is 60.9 Å². The van der Waals surface area contributed by atoms with E-state index in [0.29, 0.717) is 49.1 Å². The van der Waals surface area contributed by atoms with Gasteiger partial charge in [0.2, 0.25) is 5.88 Å². The molecule has 36 heavy (non-hydrogen) atoms. The van der Waals surface area contributed by atoms with E-state index in [2.05, 4.69) is 4.98 Å². The first-order chi connectivity index (χ1) is 17.4. The lowest BCUT2D eigenvalue weighted by atomic mass is 9.80. The summed E-state index contributed by atoms with van der Waals surface area (Å²) >= 11 is 13.4. The molecule has 3 aromatic carbocycles. The Balaban J connectivity index is 1.78. The number of hydrogen-bond donors (Lipinski definition) is 1. The van der Waals surface area contributed by atoms with Gasteiger partial charge >= 0.3 is 0 Å². The lowest BCUT2D eigenvalue weighted by Gasteiger charge is -2.30. The first-order valence-electron chi connectivity index (χ1n) is 11.6. The zero-order chi connectivity index (χ0) is 25.3. The molecule has 1 N–H and O–H groups in total. The first-order valence-corrected chi connectivity index (χ1v) is 12.4. The van der Waals surface area contributed by atoms with Gasteiger partial charge in [-0.15, -0.1) is 0 Å². The maximum absolute atomic E-state index is 12.3. The van der Waals surface area contributed by atoms with Crippen LogP contribution in [-0.2, 0) is 5.60 Å². The molecule has 4 nitrogen and oxygen atoms in total. The van der Waals surface area contributed by atoms with E-state index in [0.717, 1.165) is 5.56 Å². The van der Waals surface area contributed by atoms with Gasteiger partial charge in [0.25, 0.3) is 0 Å². The number of ether oxygens (including phenoxy) is 1. The van der Waals surface area contributed by atoms with Crippen LogP contribution in [0.5, 0.6) is 5.88 Å². The average Bonchev–Trinajstić information content (AvgIpc) is 2.89. The summed E-state index contributed by atoms with van der Waals surface area (Å²) in [6.45, 7) is 3.91. The molecular weight excluding hydrogens is 491 g/mol. The fourth-order valence-corrected chi connectivity index (χ4v) is 4.91. The van der Waals surface area contributed by atoms with E-state index in [9.17, 15) is 5.11 Å². The van der Waals surface area contributed by atoms with Gasteiger partial charge in [-0.25, -0.2) is 4.98 Å². The van der Waals surface area contributed by atoms with Gasteiger partial charge in [-0.3, -0.25) is 4.98 Å². The molecule has 1 unspecified atom stereocenters. The van der Waals surface area contributed by atoms with Crippen molar-refractivity contribution in [2.45, 2.75) is 25.6 Å². The van der Waals surface area contributed by atoms with Crippen LogP contribution in [0.4, 0.5) is 0 Å². The Bertz CT molecular complexity index is 1530. The average molecular weight is 515 g/mol. The number of rotatable bonds is 6. The molecule has 0 amide bonds. The van der Waals surface area contributed by atoms with Crippen LogP contribution < -0.4 is 4.74 Å². The number of nitrogens with zero attached hydrogens (tertiary/aromatic N) is 2. The molecule has 5 rings (SSSR count). The Morgan fingerprint density at radius 2 is 1.58 bits per heavy atom. The van der Waals surface area contributed by atoms with Gasteiger partial charge in [0.15, 0.2) is 0 Å². The molecule has 0 aliphatic heterocycles. The van der Waals surface area contributed by atoms with Crippen LogP contribution in [0, 0.1) is 0 Å². The minimum absolute atomic E-state index is 0.0775. The Kier molecular flexibility index (Phi) is 6.67. The molecule has 0 bridgehead atoms. The third-order valence-corrected chi connectivity index (χ3v) is 6.67. The maximum atomic E-state index is 12.3. The molecule has 0 fully saturated rings. The van der Waals surface area contributed by atoms with Crippen molar-refractivity contribution in [3.8, 4) is 17.0 Å². The van der Waals surface area contributed by atoms with Crippen LogP contribution in [0.1, 0.15) is 30.5 Å². The summed E-state index contributed by atoms with van der Waals surface area (Å²) in [7, 11) is 0. The largest absolute Gasteiger partial charge is 0.474 e. The zero-order valence-corrected chi connectivity index (χ0v) is 21.3. The SMILES string of the molecule is CC(C)Oc1nc2ccc(C(O)(c3cccnc3)c3cccc(Cl)c3)cc2c(Cl)c1-c1ccccc1. The fraction of sp³-hybridized carbons (Fsp3) is 0.133. The lowest BCUT2D eigenvalue weighted by molar-refractivity contribution is 0.125. The highest BCUT2D eigenvalue weighted by molar-refractivity contribution is 6.38. The maximum Gasteiger partial charge on any atom is 0.223 e. The second-order valence-corrected chi connectivity index (χ2v) is 9.65. The van der Waals surface area contributed by atoms with E-state index in [-0.39, 0.29) is 6.10 Å². The Hall–Kier alpha value is -3.44. The van der Waals surface area contributed by atoms with Crippen molar-refractivity contribution in [1.82, 2.24) is 9.97 Å². The summed E-state index contributed by atoms with van der Waals surface area (Å²) in [6.07, 6.45) is 3.25. The summed E-state index contributed by atoms with van der Waals surface area (Å²) < 4.78 is 6.07. The van der Waals surface area contributed by atoms with E-state index < -0.39 is 5.60 Å². The normalized spacial score (nSPS) is 13.1. The predicted molar refractivity (Wildman–Crippen MR) is 146 cm³/mol. The highest BCUT2D eigenvalue weighted by Crippen LogP contribution is 2.43. The van der Waals surface area contributed by atoms with Crippen molar-refractivity contribution in [2.24, 2.45) is 0 Å². The number of pyridine rings is 2. The molecule has 0 radical (unpaired) electrons. The molecule has 0 spiro atoms. The molecule has 0 saturated heterocycles. The molecule has 2 aromatic heterocycles. The Morgan fingerprint density at radius 1 is 0.833 bits per heavy atom. The molecule has 0 aliphatic rings. The quantitative estimate of drug-likeness (QED) is 0.252. The summed E-state index contributed by atoms with van der Waals surface area (Å²) in [6, 6.07) is 26.2. The van der Waals surface area contributed by atoms with E-state index in [1.807, 2.05) is 80.6 Å². The molecule has 0 aliphatic carbocycles. The number of aromatic nitrogens is 2. The number of aliphatic hydroxyl groups is 1. The highest BCUT2D eigenvalue weighted by atomic mass is 35.5. The number of benzene rings is 3. The van der Waals surface area contributed by atoms with Crippen LogP contribution in [0.3, 0.4) is 0 Å². The second kappa shape index (κ2) is 9.90. The van der Waals surface area contributed by atoms with Crippen molar-refractivity contribution in [2.75, 3.05) is 0 Å². The van der Waals surface area contributed by atoms with Crippen molar-refractivity contribution in [3.05, 3.63) is 124 Å². The van der Waals surface area contributed by atoms with Gasteiger partial charge in [0, 0.05) is 28.4 Å². The number of halogens is 2. The summed E-state index contributed by atoms with van der Waals surface area (Å²) in [5.74, 6) is 0.471. The molecule has 1 atom stereocenters. The Labute approximate surface area is 220 Å². The fourth-order valence-electron chi connectivity index (χ4n) is 4.38. The van der Waals surface area contributed by atoms with Crippen LogP contribution in [-0.4, -0.2) is 21.2 Å². The van der Waals surface area contributed by atoms with Gasteiger partial charge in [-0.1, -0.05) is 77.8 Å². The first kappa shape index (κ1) is 24.3. The standard InChI is InChI=1S/C30H24Cl2N2O2/c1-19(2)36-29-27(20-8-4-3-5-9-20)28(32)25-17-22(13-14-26(25)34-29)30(35,23-11-7-15-33-18-23)21-10-6-12-24(31)16-21/h3-19,35H,1-2H3.